The largest absolute Gasteiger partial charge is 0.313 e. The molecular formula is C17H20BrNS. The van der Waals surface area contributed by atoms with Crippen LogP contribution in [0.4, 0.5) is 0 Å². The van der Waals surface area contributed by atoms with E-state index in [9.17, 15) is 0 Å². The van der Waals surface area contributed by atoms with E-state index in [0.29, 0.717) is 5.92 Å². The molecule has 0 aliphatic heterocycles. The Morgan fingerprint density at radius 2 is 2.00 bits per heavy atom. The van der Waals surface area contributed by atoms with Gasteiger partial charge >= 0.3 is 0 Å². The third kappa shape index (κ3) is 4.58. The van der Waals surface area contributed by atoms with Gasteiger partial charge in [-0.1, -0.05) is 54.1 Å². The summed E-state index contributed by atoms with van der Waals surface area (Å²) in [6.07, 6.45) is 4.39. The van der Waals surface area contributed by atoms with Gasteiger partial charge in [0.2, 0.25) is 0 Å². The van der Waals surface area contributed by atoms with Crippen LogP contribution in [-0.2, 0) is 0 Å². The average molecular weight is 350 g/mol. The zero-order valence-electron chi connectivity index (χ0n) is 11.9. The molecule has 1 aromatic carbocycles. The molecule has 1 N–H and O–H groups in total. The molecular weight excluding hydrogens is 330 g/mol. The van der Waals surface area contributed by atoms with Crippen molar-refractivity contribution in [1.82, 2.24) is 5.32 Å². The lowest BCUT2D eigenvalue weighted by Gasteiger charge is -2.03. The summed E-state index contributed by atoms with van der Waals surface area (Å²) in [7, 11) is 0. The number of hydrogen-bond acceptors (Lipinski definition) is 2. The van der Waals surface area contributed by atoms with E-state index in [-0.39, 0.29) is 0 Å². The lowest BCUT2D eigenvalue weighted by Crippen LogP contribution is -2.19. The monoisotopic (exact) mass is 349 g/mol. The molecule has 0 spiro atoms. The van der Waals surface area contributed by atoms with Crippen LogP contribution < -0.4 is 5.32 Å². The Balaban J connectivity index is 1.96. The number of benzene rings is 1. The maximum absolute atomic E-state index is 3.61. The summed E-state index contributed by atoms with van der Waals surface area (Å²) >= 11 is 5.43. The molecule has 0 aliphatic carbocycles. The van der Waals surface area contributed by atoms with Crippen molar-refractivity contribution in [1.29, 1.82) is 0 Å². The molecule has 0 aliphatic rings. The van der Waals surface area contributed by atoms with Crippen LogP contribution in [0.25, 0.3) is 16.5 Å². The van der Waals surface area contributed by atoms with Gasteiger partial charge in [-0.3, -0.25) is 0 Å². The Labute approximate surface area is 133 Å². The summed E-state index contributed by atoms with van der Waals surface area (Å²) in [6.45, 7) is 6.44. The van der Waals surface area contributed by atoms with Gasteiger partial charge in [0.15, 0.2) is 0 Å². The molecule has 3 heteroatoms. The van der Waals surface area contributed by atoms with Gasteiger partial charge in [0, 0.05) is 26.3 Å². The van der Waals surface area contributed by atoms with Gasteiger partial charge in [-0.05, 0) is 36.7 Å². The highest BCUT2D eigenvalue weighted by Gasteiger charge is 2.04. The minimum Gasteiger partial charge on any atom is -0.313 e. The maximum Gasteiger partial charge on any atom is 0.0360 e. The zero-order valence-corrected chi connectivity index (χ0v) is 14.3. The third-order valence-electron chi connectivity index (χ3n) is 2.86. The molecule has 20 heavy (non-hydrogen) atoms. The van der Waals surface area contributed by atoms with Crippen molar-refractivity contribution >= 4 is 33.3 Å². The van der Waals surface area contributed by atoms with Crippen LogP contribution in [0.3, 0.4) is 0 Å². The molecule has 2 rings (SSSR count). The molecule has 2 aromatic rings. The molecule has 1 nitrogen and oxygen atoms in total. The predicted octanol–water partition coefficient (Wildman–Crippen LogP) is 5.44. The fraction of sp³-hybridized carbons (Fsp3) is 0.294. The van der Waals surface area contributed by atoms with Crippen LogP contribution in [0.15, 0.2) is 46.9 Å². The first-order valence-electron chi connectivity index (χ1n) is 6.89. The maximum atomic E-state index is 3.61. The minimum atomic E-state index is 0.701. The summed E-state index contributed by atoms with van der Waals surface area (Å²) in [5.74, 6) is 0.701. The molecule has 0 bridgehead atoms. The van der Waals surface area contributed by atoms with Crippen molar-refractivity contribution in [3.8, 4) is 10.4 Å². The fourth-order valence-electron chi connectivity index (χ4n) is 1.88. The highest BCUT2D eigenvalue weighted by atomic mass is 79.9. The van der Waals surface area contributed by atoms with Gasteiger partial charge < -0.3 is 5.32 Å². The minimum absolute atomic E-state index is 0.701. The Hall–Kier alpha value is -0.900. The van der Waals surface area contributed by atoms with E-state index in [1.54, 1.807) is 0 Å². The van der Waals surface area contributed by atoms with Gasteiger partial charge in [0.25, 0.3) is 0 Å². The fourth-order valence-corrected chi connectivity index (χ4v) is 3.49. The molecule has 0 radical (unpaired) electrons. The summed E-state index contributed by atoms with van der Waals surface area (Å²) in [5.41, 5.74) is 1.26. The van der Waals surface area contributed by atoms with Gasteiger partial charge in [-0.15, -0.1) is 11.3 Å². The third-order valence-corrected chi connectivity index (χ3v) is 4.64. The number of hydrogen-bond donors (Lipinski definition) is 1. The highest BCUT2D eigenvalue weighted by molar-refractivity contribution is 9.10. The van der Waals surface area contributed by atoms with Gasteiger partial charge in [-0.2, -0.15) is 0 Å². The first-order chi connectivity index (χ1) is 9.66. The first-order valence-corrected chi connectivity index (χ1v) is 8.50. The smallest absolute Gasteiger partial charge is 0.0360 e. The Bertz CT molecular complexity index is 572. The van der Waals surface area contributed by atoms with E-state index in [4.69, 9.17) is 0 Å². The molecule has 0 saturated carbocycles. The molecule has 0 atom stereocenters. The van der Waals surface area contributed by atoms with E-state index in [0.717, 1.165) is 17.6 Å². The first kappa shape index (κ1) is 15.5. The van der Waals surface area contributed by atoms with Crippen LogP contribution >= 0.6 is 27.3 Å². The predicted molar refractivity (Wildman–Crippen MR) is 94.2 cm³/mol. The molecule has 0 fully saturated rings. The van der Waals surface area contributed by atoms with E-state index >= 15 is 0 Å². The van der Waals surface area contributed by atoms with E-state index < -0.39 is 0 Å². The van der Waals surface area contributed by atoms with Crippen molar-refractivity contribution in [2.24, 2.45) is 5.92 Å². The summed E-state index contributed by atoms with van der Waals surface area (Å²) < 4.78 is 1.15. The number of rotatable bonds is 6. The summed E-state index contributed by atoms with van der Waals surface area (Å²) in [4.78, 5) is 2.59. The number of nitrogens with one attached hydrogen (secondary N) is 1. The van der Waals surface area contributed by atoms with Crippen molar-refractivity contribution in [3.63, 3.8) is 0 Å². The topological polar surface area (TPSA) is 12.0 Å². The Morgan fingerprint density at radius 3 is 2.75 bits per heavy atom. The normalized spacial score (nSPS) is 11.6. The van der Waals surface area contributed by atoms with Crippen LogP contribution in [0, 0.1) is 5.92 Å². The lowest BCUT2D eigenvalue weighted by atomic mass is 10.2. The van der Waals surface area contributed by atoms with Crippen LogP contribution in [0.1, 0.15) is 18.7 Å². The zero-order chi connectivity index (χ0) is 14.4. The Morgan fingerprint density at radius 1 is 1.20 bits per heavy atom. The molecule has 0 amide bonds. The van der Waals surface area contributed by atoms with Gasteiger partial charge in [0.1, 0.15) is 0 Å². The van der Waals surface area contributed by atoms with Crippen molar-refractivity contribution < 1.29 is 0 Å². The summed E-state index contributed by atoms with van der Waals surface area (Å²) in [5, 5.41) is 3.41. The highest BCUT2D eigenvalue weighted by Crippen LogP contribution is 2.33. The average Bonchev–Trinajstić information content (AvgIpc) is 2.87. The molecule has 0 saturated heterocycles. The molecule has 1 heterocycles. The van der Waals surface area contributed by atoms with E-state index in [1.807, 2.05) is 17.4 Å². The van der Waals surface area contributed by atoms with Crippen molar-refractivity contribution in [2.75, 3.05) is 13.1 Å². The van der Waals surface area contributed by atoms with Crippen LogP contribution in [0.5, 0.6) is 0 Å². The standard InChI is InChI=1S/C17H20BrNS/c1-13(2)12-19-11-5-6-14-9-10-17(20-14)15-7-3-4-8-16(15)18/h3-10,13,19H,11-12H2,1-2H3. The van der Waals surface area contributed by atoms with Crippen LogP contribution in [0.2, 0.25) is 0 Å². The van der Waals surface area contributed by atoms with Gasteiger partial charge in [0.05, 0.1) is 0 Å². The molecule has 0 unspecified atom stereocenters. The SMILES string of the molecule is CC(C)CNCC=Cc1ccc(-c2ccccc2Br)s1. The quantitative estimate of drug-likeness (QED) is 0.685. The second-order valence-electron chi connectivity index (χ2n) is 5.14. The molecule has 106 valence electrons. The van der Waals surface area contributed by atoms with Crippen LogP contribution in [-0.4, -0.2) is 13.1 Å². The Kier molecular flexibility index (Phi) is 6.02. The van der Waals surface area contributed by atoms with Crippen molar-refractivity contribution in [3.05, 3.63) is 51.8 Å². The second-order valence-corrected chi connectivity index (χ2v) is 7.11. The number of thiophene rings is 1. The lowest BCUT2D eigenvalue weighted by molar-refractivity contribution is 0.577. The summed E-state index contributed by atoms with van der Waals surface area (Å²) in [6, 6.07) is 12.7. The number of halogens is 1. The van der Waals surface area contributed by atoms with E-state index in [1.165, 1.54) is 15.3 Å². The van der Waals surface area contributed by atoms with E-state index in [2.05, 4.69) is 77.6 Å². The van der Waals surface area contributed by atoms with Crippen molar-refractivity contribution in [2.45, 2.75) is 13.8 Å². The second kappa shape index (κ2) is 7.77. The van der Waals surface area contributed by atoms with Gasteiger partial charge in [-0.25, -0.2) is 0 Å². The molecule has 1 aromatic heterocycles.